The number of anilines is 1. The van der Waals surface area contributed by atoms with Crippen LogP contribution < -0.4 is 15.6 Å². The number of ether oxygens (including phenoxy) is 1. The van der Waals surface area contributed by atoms with Gasteiger partial charge in [-0.3, -0.25) is 14.9 Å². The Kier molecular flexibility index (Phi) is 5.50. The van der Waals surface area contributed by atoms with Crippen LogP contribution in [0.15, 0.2) is 16.0 Å². The second kappa shape index (κ2) is 7.36. The van der Waals surface area contributed by atoms with E-state index in [1.807, 2.05) is 6.92 Å². The molecule has 0 bridgehead atoms. The Balaban J connectivity index is 2.01. The molecule has 0 aromatic carbocycles. The minimum absolute atomic E-state index is 0.204. The van der Waals surface area contributed by atoms with E-state index in [0.29, 0.717) is 10.3 Å². The highest BCUT2D eigenvalue weighted by Gasteiger charge is 2.18. The summed E-state index contributed by atoms with van der Waals surface area (Å²) < 4.78 is 4.93. The molecule has 2 aromatic rings. The number of aromatic nitrogens is 4. The molecule has 1 atom stereocenters. The van der Waals surface area contributed by atoms with Crippen molar-refractivity contribution in [1.82, 2.24) is 20.2 Å². The van der Waals surface area contributed by atoms with Crippen molar-refractivity contribution in [1.29, 1.82) is 0 Å². The van der Waals surface area contributed by atoms with E-state index in [9.17, 15) is 9.59 Å². The number of H-pyrrole nitrogens is 1. The van der Waals surface area contributed by atoms with Gasteiger partial charge >= 0.3 is 0 Å². The zero-order valence-electron chi connectivity index (χ0n) is 12.2. The number of carbonyl (C=O) groups is 1. The first-order chi connectivity index (χ1) is 10.5. The van der Waals surface area contributed by atoms with Gasteiger partial charge in [-0.25, -0.2) is 0 Å². The monoisotopic (exact) mass is 341 g/mol. The molecule has 2 rings (SSSR count). The molecule has 0 radical (unpaired) electrons. The number of nitrogens with one attached hydrogen (secondary N) is 2. The molecule has 2 N–H and O–H groups in total. The minimum Gasteiger partial charge on any atom is -0.481 e. The van der Waals surface area contributed by atoms with Gasteiger partial charge in [0.15, 0.2) is 5.16 Å². The molecule has 22 heavy (non-hydrogen) atoms. The number of amides is 1. The van der Waals surface area contributed by atoms with Crippen molar-refractivity contribution in [2.75, 3.05) is 12.4 Å². The third-order valence-corrected chi connectivity index (χ3v) is 4.53. The fourth-order valence-electron chi connectivity index (χ4n) is 1.45. The Morgan fingerprint density at radius 3 is 2.95 bits per heavy atom. The predicted molar refractivity (Wildman–Crippen MR) is 84.6 cm³/mol. The van der Waals surface area contributed by atoms with E-state index in [2.05, 4.69) is 25.5 Å². The van der Waals surface area contributed by atoms with Crippen molar-refractivity contribution >= 4 is 34.1 Å². The van der Waals surface area contributed by atoms with Crippen LogP contribution in [0.2, 0.25) is 0 Å². The number of carbonyl (C=O) groups excluding carboxylic acids is 1. The molecule has 8 nitrogen and oxygen atoms in total. The fourth-order valence-corrected chi connectivity index (χ4v) is 2.93. The van der Waals surface area contributed by atoms with Crippen LogP contribution in [0.1, 0.15) is 18.9 Å². The average molecular weight is 341 g/mol. The van der Waals surface area contributed by atoms with Gasteiger partial charge in [-0.1, -0.05) is 30.0 Å². The Labute approximate surface area is 134 Å². The molecule has 0 saturated heterocycles. The van der Waals surface area contributed by atoms with Gasteiger partial charge in [0, 0.05) is 0 Å². The summed E-state index contributed by atoms with van der Waals surface area (Å²) in [6.45, 7) is 3.68. The van der Waals surface area contributed by atoms with Crippen molar-refractivity contribution in [2.45, 2.75) is 30.7 Å². The van der Waals surface area contributed by atoms with Crippen LogP contribution in [0.4, 0.5) is 5.13 Å². The van der Waals surface area contributed by atoms with Gasteiger partial charge in [0.1, 0.15) is 5.01 Å². The van der Waals surface area contributed by atoms with Crippen molar-refractivity contribution in [3.05, 3.63) is 21.4 Å². The summed E-state index contributed by atoms with van der Waals surface area (Å²) >= 11 is 2.46. The molecule has 2 heterocycles. The van der Waals surface area contributed by atoms with Gasteiger partial charge in [-0.15, -0.1) is 10.2 Å². The molecule has 1 amide bonds. The van der Waals surface area contributed by atoms with E-state index in [0.717, 1.165) is 23.2 Å². The van der Waals surface area contributed by atoms with Crippen LogP contribution in [-0.4, -0.2) is 38.4 Å². The topological polar surface area (TPSA) is 110 Å². The molecular weight excluding hydrogens is 326 g/mol. The number of aryl methyl sites for hydroxylation is 1. The number of thioether (sulfide) groups is 1. The van der Waals surface area contributed by atoms with Crippen molar-refractivity contribution in [3.8, 4) is 5.88 Å². The third-order valence-electron chi connectivity index (χ3n) is 2.56. The molecular formula is C12H15N5O3S2. The summed E-state index contributed by atoms with van der Waals surface area (Å²) in [5.41, 5.74) is -0.335. The van der Waals surface area contributed by atoms with E-state index in [4.69, 9.17) is 4.74 Å². The molecule has 0 unspecified atom stereocenters. The maximum absolute atomic E-state index is 12.1. The van der Waals surface area contributed by atoms with Crippen LogP contribution in [0.25, 0.3) is 0 Å². The number of hydrogen-bond acceptors (Lipinski definition) is 8. The Morgan fingerprint density at radius 1 is 1.55 bits per heavy atom. The van der Waals surface area contributed by atoms with Crippen LogP contribution in [0, 0.1) is 0 Å². The summed E-state index contributed by atoms with van der Waals surface area (Å²) in [6.07, 6.45) is 0.771. The molecule has 118 valence electrons. The lowest BCUT2D eigenvalue weighted by molar-refractivity contribution is -0.115. The second-order valence-electron chi connectivity index (χ2n) is 4.20. The number of methoxy groups -OCH3 is 1. The first-order valence-electron chi connectivity index (χ1n) is 6.47. The van der Waals surface area contributed by atoms with Gasteiger partial charge in [0.25, 0.3) is 5.56 Å². The highest BCUT2D eigenvalue weighted by molar-refractivity contribution is 8.00. The lowest BCUT2D eigenvalue weighted by Gasteiger charge is -2.09. The van der Waals surface area contributed by atoms with Gasteiger partial charge in [0.05, 0.1) is 18.4 Å². The summed E-state index contributed by atoms with van der Waals surface area (Å²) in [7, 11) is 1.42. The lowest BCUT2D eigenvalue weighted by Crippen LogP contribution is -2.23. The molecule has 0 aliphatic heterocycles. The smallest absolute Gasteiger partial charge is 0.255 e. The third kappa shape index (κ3) is 4.28. The second-order valence-corrected chi connectivity index (χ2v) is 6.59. The lowest BCUT2D eigenvalue weighted by atomic mass is 10.4. The average Bonchev–Trinajstić information content (AvgIpc) is 2.94. The first-order valence-corrected chi connectivity index (χ1v) is 8.16. The molecule has 2 aromatic heterocycles. The fraction of sp³-hybridized carbons (Fsp3) is 0.417. The standard InChI is InChI=1S/C12H15N5O3S2/c1-4-9-16-17-12(22-9)15-10(19)6(2)21-11-13-7(18)5-8(14-11)20-3/h5-6H,4H2,1-3H3,(H,13,14,18)(H,15,17,19)/t6-/m0/s1. The van der Waals surface area contributed by atoms with Crippen LogP contribution in [0.5, 0.6) is 5.88 Å². The summed E-state index contributed by atoms with van der Waals surface area (Å²) in [5, 5.41) is 11.7. The molecule has 0 spiro atoms. The molecule has 0 aliphatic carbocycles. The maximum atomic E-state index is 12.1. The summed E-state index contributed by atoms with van der Waals surface area (Å²) in [4.78, 5) is 30.2. The van der Waals surface area contributed by atoms with E-state index in [1.165, 1.54) is 24.5 Å². The highest BCUT2D eigenvalue weighted by atomic mass is 32.2. The molecule has 0 saturated carbocycles. The molecule has 0 fully saturated rings. The number of rotatable bonds is 6. The van der Waals surface area contributed by atoms with Crippen molar-refractivity contribution in [3.63, 3.8) is 0 Å². The normalized spacial score (nSPS) is 12.0. The zero-order chi connectivity index (χ0) is 16.1. The number of nitrogens with zero attached hydrogens (tertiary/aromatic N) is 3. The highest BCUT2D eigenvalue weighted by Crippen LogP contribution is 2.22. The minimum atomic E-state index is -0.468. The zero-order valence-corrected chi connectivity index (χ0v) is 13.9. The van der Waals surface area contributed by atoms with Crippen molar-refractivity contribution in [2.24, 2.45) is 0 Å². The van der Waals surface area contributed by atoms with Crippen LogP contribution >= 0.6 is 23.1 Å². The number of aromatic amines is 1. The van der Waals surface area contributed by atoms with Gasteiger partial charge in [-0.2, -0.15) is 4.98 Å². The Morgan fingerprint density at radius 2 is 2.32 bits per heavy atom. The first kappa shape index (κ1) is 16.4. The predicted octanol–water partition coefficient (Wildman–Crippen LogP) is 1.31. The van der Waals surface area contributed by atoms with Crippen molar-refractivity contribution < 1.29 is 9.53 Å². The molecule has 10 heteroatoms. The summed E-state index contributed by atoms with van der Waals surface area (Å²) in [5.74, 6) is -0.0372. The quantitative estimate of drug-likeness (QED) is 0.602. The number of hydrogen-bond donors (Lipinski definition) is 2. The van der Waals surface area contributed by atoms with E-state index < -0.39 is 5.25 Å². The largest absolute Gasteiger partial charge is 0.481 e. The van der Waals surface area contributed by atoms with Crippen LogP contribution in [-0.2, 0) is 11.2 Å². The summed E-state index contributed by atoms with van der Waals surface area (Å²) in [6, 6.07) is 1.24. The van der Waals surface area contributed by atoms with E-state index in [1.54, 1.807) is 6.92 Å². The SMILES string of the molecule is CCc1nnc(NC(=O)[C@H](C)Sc2nc(OC)cc(=O)[nH]2)s1. The van der Waals surface area contributed by atoms with Crippen LogP contribution in [0.3, 0.4) is 0 Å². The van der Waals surface area contributed by atoms with Gasteiger partial charge in [0.2, 0.25) is 16.9 Å². The van der Waals surface area contributed by atoms with E-state index in [-0.39, 0.29) is 17.3 Å². The molecule has 0 aliphatic rings. The van der Waals surface area contributed by atoms with E-state index >= 15 is 0 Å². The van der Waals surface area contributed by atoms with Gasteiger partial charge in [-0.05, 0) is 13.3 Å². The Hall–Kier alpha value is -1.94. The Bertz CT molecular complexity index is 715. The maximum Gasteiger partial charge on any atom is 0.255 e. The van der Waals surface area contributed by atoms with Gasteiger partial charge < -0.3 is 9.72 Å².